The lowest BCUT2D eigenvalue weighted by Crippen LogP contribution is -2.38. The van der Waals surface area contributed by atoms with Crippen molar-refractivity contribution in [3.8, 4) is 11.4 Å². The number of halogens is 1. The van der Waals surface area contributed by atoms with Crippen molar-refractivity contribution in [3.05, 3.63) is 58.5 Å². The molecule has 1 atom stereocenters. The van der Waals surface area contributed by atoms with Gasteiger partial charge in [0.05, 0.1) is 37.2 Å². The van der Waals surface area contributed by atoms with Crippen LogP contribution in [0.15, 0.2) is 29.0 Å². The molecule has 152 valence electrons. The molecule has 0 radical (unpaired) electrons. The molecule has 4 heterocycles. The number of hydrogen-bond acceptors (Lipinski definition) is 5. The third-order valence-corrected chi connectivity index (χ3v) is 5.41. The zero-order valence-corrected chi connectivity index (χ0v) is 15.8. The van der Waals surface area contributed by atoms with E-state index < -0.39 is 11.9 Å². The van der Waals surface area contributed by atoms with E-state index in [-0.39, 0.29) is 11.7 Å². The van der Waals surface area contributed by atoms with E-state index >= 15 is 0 Å². The van der Waals surface area contributed by atoms with E-state index in [0.29, 0.717) is 43.9 Å². The lowest BCUT2D eigenvalue weighted by molar-refractivity contribution is 0.151. The van der Waals surface area contributed by atoms with Gasteiger partial charge in [0.15, 0.2) is 0 Å². The largest absolute Gasteiger partial charge is 0.391 e. The fourth-order valence-corrected chi connectivity index (χ4v) is 3.99. The summed E-state index contributed by atoms with van der Waals surface area (Å²) in [7, 11) is 0. The SMILES string of the molecule is [C-]#[N+]c1cc(NC(=O)N2CCc3nn4c(c3C2)-c2nocc2CC(O)C4)ccc1F. The number of aromatic nitrogens is 3. The van der Waals surface area contributed by atoms with Gasteiger partial charge in [-0.3, -0.25) is 4.68 Å². The van der Waals surface area contributed by atoms with Crippen molar-refractivity contribution in [2.24, 2.45) is 0 Å². The number of rotatable bonds is 1. The second-order valence-corrected chi connectivity index (χ2v) is 7.38. The van der Waals surface area contributed by atoms with Crippen LogP contribution in [0.25, 0.3) is 16.2 Å². The first-order chi connectivity index (χ1) is 14.5. The maximum Gasteiger partial charge on any atom is 0.322 e. The number of carbonyl (C=O) groups is 1. The number of nitrogens with zero attached hydrogens (tertiary/aromatic N) is 5. The molecule has 2 aliphatic heterocycles. The molecule has 3 aromatic rings. The van der Waals surface area contributed by atoms with Crippen molar-refractivity contribution in [2.45, 2.75) is 32.0 Å². The Morgan fingerprint density at radius 2 is 2.30 bits per heavy atom. The number of aliphatic hydroxyl groups is 1. The number of nitrogens with one attached hydrogen (secondary N) is 1. The van der Waals surface area contributed by atoms with Crippen molar-refractivity contribution >= 4 is 17.4 Å². The predicted octanol–water partition coefficient (Wildman–Crippen LogP) is 2.74. The van der Waals surface area contributed by atoms with Gasteiger partial charge in [-0.25, -0.2) is 14.0 Å². The standard InChI is InChI=1S/C20H17FN6O3/c1-22-17-7-12(2-3-15(17)21)23-20(29)26-5-4-16-14(9-26)19-18-11(10-30-25-18)6-13(28)8-27(19)24-16/h2-3,7,10,13,28H,4-6,8-9H2,(H,23,29). The van der Waals surface area contributed by atoms with Crippen LogP contribution >= 0.6 is 0 Å². The van der Waals surface area contributed by atoms with Crippen molar-refractivity contribution in [1.82, 2.24) is 19.8 Å². The maximum absolute atomic E-state index is 13.5. The molecule has 2 amide bonds. The fraction of sp³-hybridized carbons (Fsp3) is 0.300. The molecule has 0 saturated heterocycles. The number of benzene rings is 1. The van der Waals surface area contributed by atoms with Gasteiger partial charge in [-0.2, -0.15) is 5.10 Å². The molecule has 2 aromatic heterocycles. The Balaban J connectivity index is 1.43. The minimum atomic E-state index is -0.626. The second kappa shape index (κ2) is 6.96. The molecule has 5 rings (SSSR count). The molecule has 10 heteroatoms. The van der Waals surface area contributed by atoms with E-state index in [9.17, 15) is 14.3 Å². The molecule has 0 aliphatic carbocycles. The van der Waals surface area contributed by atoms with Gasteiger partial charge >= 0.3 is 6.03 Å². The Labute approximate surface area is 170 Å². The Morgan fingerprint density at radius 1 is 1.43 bits per heavy atom. The highest BCUT2D eigenvalue weighted by atomic mass is 19.1. The number of amides is 2. The van der Waals surface area contributed by atoms with Crippen molar-refractivity contribution < 1.29 is 18.8 Å². The predicted molar refractivity (Wildman–Crippen MR) is 103 cm³/mol. The summed E-state index contributed by atoms with van der Waals surface area (Å²) >= 11 is 0. The van der Waals surface area contributed by atoms with Gasteiger partial charge in [0.25, 0.3) is 0 Å². The van der Waals surface area contributed by atoms with Gasteiger partial charge in [0.2, 0.25) is 5.69 Å². The first-order valence-electron chi connectivity index (χ1n) is 9.46. The minimum Gasteiger partial charge on any atom is -0.391 e. The fourth-order valence-electron chi connectivity index (χ4n) is 3.99. The molecule has 0 fully saturated rings. The maximum atomic E-state index is 13.5. The van der Waals surface area contributed by atoms with E-state index in [1.807, 2.05) is 0 Å². The Morgan fingerprint density at radius 3 is 3.13 bits per heavy atom. The van der Waals surface area contributed by atoms with Gasteiger partial charge in [-0.15, -0.1) is 0 Å². The topological polar surface area (TPSA) is 101 Å². The first kappa shape index (κ1) is 18.3. The zero-order chi connectivity index (χ0) is 20.8. The summed E-state index contributed by atoms with van der Waals surface area (Å²) in [4.78, 5) is 17.6. The van der Waals surface area contributed by atoms with Crippen LogP contribution in [0.3, 0.4) is 0 Å². The molecule has 2 aliphatic rings. The van der Waals surface area contributed by atoms with Crippen molar-refractivity contribution in [1.29, 1.82) is 0 Å². The highest BCUT2D eigenvalue weighted by molar-refractivity contribution is 5.90. The van der Waals surface area contributed by atoms with Gasteiger partial charge in [-0.1, -0.05) is 5.16 Å². The molecule has 0 bridgehead atoms. The average Bonchev–Trinajstić information content (AvgIpc) is 3.29. The monoisotopic (exact) mass is 408 g/mol. The molecule has 0 saturated carbocycles. The summed E-state index contributed by atoms with van der Waals surface area (Å²) in [6.45, 7) is 8.13. The van der Waals surface area contributed by atoms with Crippen LogP contribution in [-0.2, 0) is 25.9 Å². The van der Waals surface area contributed by atoms with Crippen LogP contribution in [0.5, 0.6) is 0 Å². The van der Waals surface area contributed by atoms with E-state index in [1.165, 1.54) is 18.4 Å². The van der Waals surface area contributed by atoms with Gasteiger partial charge in [-0.05, 0) is 18.2 Å². The molecule has 2 N–H and O–H groups in total. The summed E-state index contributed by atoms with van der Waals surface area (Å²) in [5.41, 5.74) is 4.17. The average molecular weight is 408 g/mol. The molecular formula is C20H17FN6O3. The lowest BCUT2D eigenvalue weighted by atomic mass is 10.0. The van der Waals surface area contributed by atoms with E-state index in [0.717, 1.165) is 28.6 Å². The van der Waals surface area contributed by atoms with E-state index in [2.05, 4.69) is 20.4 Å². The van der Waals surface area contributed by atoms with Crippen LogP contribution in [0.2, 0.25) is 0 Å². The second-order valence-electron chi connectivity index (χ2n) is 7.38. The summed E-state index contributed by atoms with van der Waals surface area (Å²) in [5.74, 6) is -0.626. The van der Waals surface area contributed by atoms with Crippen molar-refractivity contribution in [3.63, 3.8) is 0 Å². The highest BCUT2D eigenvalue weighted by Crippen LogP contribution is 2.35. The van der Waals surface area contributed by atoms with Crippen LogP contribution in [-0.4, -0.2) is 43.6 Å². The minimum absolute atomic E-state index is 0.146. The number of urea groups is 1. The summed E-state index contributed by atoms with van der Waals surface area (Å²) in [6, 6.07) is 3.54. The number of aliphatic hydroxyl groups excluding tert-OH is 1. The van der Waals surface area contributed by atoms with Crippen LogP contribution in [0, 0.1) is 12.4 Å². The van der Waals surface area contributed by atoms with Crippen LogP contribution in [0.4, 0.5) is 20.6 Å². The quantitative estimate of drug-likeness (QED) is 0.603. The number of fused-ring (bicyclic) bond motifs is 5. The highest BCUT2D eigenvalue weighted by Gasteiger charge is 2.32. The van der Waals surface area contributed by atoms with Gasteiger partial charge < -0.3 is 19.8 Å². The normalized spacial score (nSPS) is 17.4. The Bertz CT molecular complexity index is 1190. The van der Waals surface area contributed by atoms with Crippen molar-refractivity contribution in [2.75, 3.05) is 11.9 Å². The summed E-state index contributed by atoms with van der Waals surface area (Å²) in [6.07, 6.45) is 1.92. The van der Waals surface area contributed by atoms with Gasteiger partial charge in [0.1, 0.15) is 17.8 Å². The summed E-state index contributed by atoms with van der Waals surface area (Å²) in [5, 5.41) is 21.7. The third kappa shape index (κ3) is 3.00. The molecule has 30 heavy (non-hydrogen) atoms. The zero-order valence-electron chi connectivity index (χ0n) is 15.8. The first-order valence-corrected chi connectivity index (χ1v) is 9.46. The third-order valence-electron chi connectivity index (χ3n) is 5.41. The van der Waals surface area contributed by atoms with Gasteiger partial charge in [0, 0.05) is 36.2 Å². The molecular weight excluding hydrogens is 391 g/mol. The smallest absolute Gasteiger partial charge is 0.322 e. The Kier molecular flexibility index (Phi) is 4.25. The van der Waals surface area contributed by atoms with Crippen LogP contribution in [0.1, 0.15) is 16.8 Å². The van der Waals surface area contributed by atoms with Crippen LogP contribution < -0.4 is 5.32 Å². The molecule has 1 unspecified atom stereocenters. The summed E-state index contributed by atoms with van der Waals surface area (Å²) < 4.78 is 20.4. The number of hydrogen-bond donors (Lipinski definition) is 2. The van der Waals surface area contributed by atoms with E-state index in [4.69, 9.17) is 11.1 Å². The molecule has 0 spiro atoms. The number of carbonyl (C=O) groups excluding carboxylic acids is 1. The number of anilines is 1. The lowest BCUT2D eigenvalue weighted by Gasteiger charge is -2.27. The molecule has 9 nitrogen and oxygen atoms in total. The Hall–Kier alpha value is -3.71. The van der Waals surface area contributed by atoms with E-state index in [1.54, 1.807) is 9.58 Å². The molecule has 1 aromatic carbocycles.